The molecule has 1 atom stereocenters. The standard InChI is InChI=1S/C16H22FNO/c1-2-16(19)18-10-4-6-14(12-18)9-8-13-5-3-7-15(17)11-13/h3,5,7,11,14H,2,4,6,8-10,12H2,1H3/t14-/m0/s1. The maximum atomic E-state index is 13.1. The van der Waals surface area contributed by atoms with Crippen molar-refractivity contribution in [3.05, 3.63) is 35.6 Å². The summed E-state index contributed by atoms with van der Waals surface area (Å²) >= 11 is 0. The Hall–Kier alpha value is -1.38. The third kappa shape index (κ3) is 4.05. The van der Waals surface area contributed by atoms with Gasteiger partial charge in [0, 0.05) is 19.5 Å². The van der Waals surface area contributed by atoms with Crippen LogP contribution in [0, 0.1) is 11.7 Å². The fourth-order valence-corrected chi connectivity index (χ4v) is 2.81. The highest BCUT2D eigenvalue weighted by atomic mass is 19.1. The van der Waals surface area contributed by atoms with Gasteiger partial charge in [-0.25, -0.2) is 4.39 Å². The van der Waals surface area contributed by atoms with Crippen LogP contribution in [0.4, 0.5) is 4.39 Å². The molecule has 1 aromatic rings. The molecule has 104 valence electrons. The average molecular weight is 263 g/mol. The van der Waals surface area contributed by atoms with Crippen molar-refractivity contribution in [1.82, 2.24) is 4.90 Å². The van der Waals surface area contributed by atoms with Crippen molar-refractivity contribution in [3.8, 4) is 0 Å². The maximum absolute atomic E-state index is 13.1. The van der Waals surface area contributed by atoms with Crippen molar-refractivity contribution in [2.45, 2.75) is 39.0 Å². The molecule has 1 saturated heterocycles. The number of halogens is 1. The number of nitrogens with zero attached hydrogens (tertiary/aromatic N) is 1. The average Bonchev–Trinajstić information content (AvgIpc) is 2.45. The van der Waals surface area contributed by atoms with E-state index in [4.69, 9.17) is 0 Å². The van der Waals surface area contributed by atoms with E-state index >= 15 is 0 Å². The summed E-state index contributed by atoms with van der Waals surface area (Å²) < 4.78 is 13.1. The smallest absolute Gasteiger partial charge is 0.222 e. The number of carbonyl (C=O) groups excluding carboxylic acids is 1. The molecule has 19 heavy (non-hydrogen) atoms. The number of piperidine rings is 1. The first-order valence-corrected chi connectivity index (χ1v) is 7.21. The molecule has 2 rings (SSSR count). The molecule has 0 aliphatic carbocycles. The molecule has 0 bridgehead atoms. The van der Waals surface area contributed by atoms with E-state index in [1.165, 1.54) is 12.5 Å². The van der Waals surface area contributed by atoms with Crippen LogP contribution < -0.4 is 0 Å². The number of aryl methyl sites for hydroxylation is 1. The zero-order chi connectivity index (χ0) is 13.7. The third-order valence-electron chi connectivity index (χ3n) is 3.90. The Balaban J connectivity index is 1.84. The molecule has 0 unspecified atom stereocenters. The molecule has 2 nitrogen and oxygen atoms in total. The van der Waals surface area contributed by atoms with Crippen LogP contribution in [-0.2, 0) is 11.2 Å². The van der Waals surface area contributed by atoms with E-state index in [0.717, 1.165) is 37.9 Å². The summed E-state index contributed by atoms with van der Waals surface area (Å²) in [5, 5.41) is 0. The largest absolute Gasteiger partial charge is 0.342 e. The van der Waals surface area contributed by atoms with Gasteiger partial charge in [0.05, 0.1) is 0 Å². The van der Waals surface area contributed by atoms with Crippen molar-refractivity contribution in [2.24, 2.45) is 5.92 Å². The second kappa shape index (κ2) is 6.69. The van der Waals surface area contributed by atoms with Crippen LogP contribution in [0.2, 0.25) is 0 Å². The van der Waals surface area contributed by atoms with Gasteiger partial charge in [-0.2, -0.15) is 0 Å². The van der Waals surface area contributed by atoms with Gasteiger partial charge in [0.25, 0.3) is 0 Å². The molecule has 3 heteroatoms. The summed E-state index contributed by atoms with van der Waals surface area (Å²) in [4.78, 5) is 13.7. The van der Waals surface area contributed by atoms with Gasteiger partial charge in [-0.1, -0.05) is 19.1 Å². The molecular weight excluding hydrogens is 241 g/mol. The quantitative estimate of drug-likeness (QED) is 0.815. The Morgan fingerprint density at radius 2 is 2.32 bits per heavy atom. The van der Waals surface area contributed by atoms with E-state index < -0.39 is 0 Å². The van der Waals surface area contributed by atoms with Crippen molar-refractivity contribution in [1.29, 1.82) is 0 Å². The van der Waals surface area contributed by atoms with Gasteiger partial charge in [0.15, 0.2) is 0 Å². The first kappa shape index (κ1) is 14.0. The number of rotatable bonds is 4. The van der Waals surface area contributed by atoms with Gasteiger partial charge >= 0.3 is 0 Å². The van der Waals surface area contributed by atoms with Gasteiger partial charge in [0.1, 0.15) is 5.82 Å². The first-order chi connectivity index (χ1) is 9.19. The summed E-state index contributed by atoms with van der Waals surface area (Å²) in [6.45, 7) is 3.70. The Bertz CT molecular complexity index is 433. The normalized spacial score (nSPS) is 19.5. The van der Waals surface area contributed by atoms with Crippen molar-refractivity contribution in [2.75, 3.05) is 13.1 Å². The molecule has 1 fully saturated rings. The van der Waals surface area contributed by atoms with E-state index in [2.05, 4.69) is 0 Å². The summed E-state index contributed by atoms with van der Waals surface area (Å²) in [6, 6.07) is 6.82. The molecule has 1 aliphatic rings. The molecule has 1 amide bonds. The van der Waals surface area contributed by atoms with Crippen molar-refractivity contribution in [3.63, 3.8) is 0 Å². The number of amides is 1. The SMILES string of the molecule is CCC(=O)N1CCC[C@@H](CCc2cccc(F)c2)C1. The lowest BCUT2D eigenvalue weighted by Gasteiger charge is -2.32. The summed E-state index contributed by atoms with van der Waals surface area (Å²) in [5.41, 5.74) is 1.05. The van der Waals surface area contributed by atoms with Crippen LogP contribution in [0.25, 0.3) is 0 Å². The Labute approximate surface area is 114 Å². The van der Waals surface area contributed by atoms with E-state index in [1.807, 2.05) is 17.9 Å². The number of hydrogen-bond acceptors (Lipinski definition) is 1. The van der Waals surface area contributed by atoms with Gasteiger partial charge in [-0.15, -0.1) is 0 Å². The molecule has 0 N–H and O–H groups in total. The summed E-state index contributed by atoms with van der Waals surface area (Å²) in [6.07, 6.45) is 4.81. The highest BCUT2D eigenvalue weighted by Crippen LogP contribution is 2.22. The summed E-state index contributed by atoms with van der Waals surface area (Å²) in [5.74, 6) is 0.659. The minimum Gasteiger partial charge on any atom is -0.342 e. The van der Waals surface area contributed by atoms with Crippen LogP contribution in [0.5, 0.6) is 0 Å². The fourth-order valence-electron chi connectivity index (χ4n) is 2.81. The predicted molar refractivity (Wildman–Crippen MR) is 74.3 cm³/mol. The Morgan fingerprint density at radius 1 is 1.47 bits per heavy atom. The molecule has 0 radical (unpaired) electrons. The number of hydrogen-bond donors (Lipinski definition) is 0. The topological polar surface area (TPSA) is 20.3 Å². The van der Waals surface area contributed by atoms with E-state index in [0.29, 0.717) is 12.3 Å². The lowest BCUT2D eigenvalue weighted by atomic mass is 9.91. The number of likely N-dealkylation sites (tertiary alicyclic amines) is 1. The van der Waals surface area contributed by atoms with Crippen LogP contribution in [0.1, 0.15) is 38.2 Å². The van der Waals surface area contributed by atoms with E-state index in [1.54, 1.807) is 12.1 Å². The molecular formula is C16H22FNO. The molecule has 0 saturated carbocycles. The first-order valence-electron chi connectivity index (χ1n) is 7.21. The minimum absolute atomic E-state index is 0.163. The van der Waals surface area contributed by atoms with Gasteiger partial charge in [-0.3, -0.25) is 4.79 Å². The van der Waals surface area contributed by atoms with Crippen molar-refractivity contribution >= 4 is 5.91 Å². The molecule has 1 aliphatic heterocycles. The third-order valence-corrected chi connectivity index (χ3v) is 3.90. The summed E-state index contributed by atoms with van der Waals surface area (Å²) in [7, 11) is 0. The van der Waals surface area contributed by atoms with Gasteiger partial charge < -0.3 is 4.90 Å². The van der Waals surface area contributed by atoms with Crippen molar-refractivity contribution < 1.29 is 9.18 Å². The predicted octanol–water partition coefficient (Wildman–Crippen LogP) is 3.41. The number of carbonyl (C=O) groups is 1. The molecule has 0 spiro atoms. The van der Waals surface area contributed by atoms with Crippen LogP contribution in [0.3, 0.4) is 0 Å². The fraction of sp³-hybridized carbons (Fsp3) is 0.562. The molecule has 0 aromatic heterocycles. The van der Waals surface area contributed by atoms with E-state index in [-0.39, 0.29) is 11.7 Å². The number of benzene rings is 1. The maximum Gasteiger partial charge on any atom is 0.222 e. The highest BCUT2D eigenvalue weighted by Gasteiger charge is 2.22. The second-order valence-electron chi connectivity index (χ2n) is 5.37. The van der Waals surface area contributed by atoms with Crippen LogP contribution in [0.15, 0.2) is 24.3 Å². The Kier molecular flexibility index (Phi) is 4.94. The van der Waals surface area contributed by atoms with E-state index in [9.17, 15) is 9.18 Å². The Morgan fingerprint density at radius 3 is 3.05 bits per heavy atom. The lowest BCUT2D eigenvalue weighted by molar-refractivity contribution is -0.132. The van der Waals surface area contributed by atoms with Crippen LogP contribution in [-0.4, -0.2) is 23.9 Å². The lowest BCUT2D eigenvalue weighted by Crippen LogP contribution is -2.39. The minimum atomic E-state index is -0.163. The zero-order valence-electron chi connectivity index (χ0n) is 11.6. The molecule has 1 aromatic carbocycles. The van der Waals surface area contributed by atoms with Gasteiger partial charge in [-0.05, 0) is 49.3 Å². The monoisotopic (exact) mass is 263 g/mol. The second-order valence-corrected chi connectivity index (χ2v) is 5.37. The van der Waals surface area contributed by atoms with Gasteiger partial charge in [0.2, 0.25) is 5.91 Å². The highest BCUT2D eigenvalue weighted by molar-refractivity contribution is 5.75. The van der Waals surface area contributed by atoms with Crippen LogP contribution >= 0.6 is 0 Å². The molecule has 1 heterocycles. The zero-order valence-corrected chi connectivity index (χ0v) is 11.6.